The van der Waals surface area contributed by atoms with Crippen molar-refractivity contribution in [3.05, 3.63) is 27.5 Å². The Balaban J connectivity index is 1.88. The number of halogens is 1. The number of benzene rings is 1. The van der Waals surface area contributed by atoms with E-state index in [4.69, 9.17) is 4.74 Å². The monoisotopic (exact) mass is 368 g/mol. The molecule has 1 aromatic carbocycles. The van der Waals surface area contributed by atoms with Gasteiger partial charge in [0.25, 0.3) is 0 Å². The fourth-order valence-corrected chi connectivity index (χ4v) is 4.00. The van der Waals surface area contributed by atoms with Crippen LogP contribution in [0.15, 0.2) is 22.7 Å². The second-order valence-corrected chi connectivity index (χ2v) is 6.91. The van der Waals surface area contributed by atoms with Gasteiger partial charge in [0.15, 0.2) is 5.78 Å². The first-order valence-corrected chi connectivity index (χ1v) is 8.05. The third kappa shape index (κ3) is 2.58. The maximum absolute atomic E-state index is 12.4. The Morgan fingerprint density at radius 3 is 2.67 bits per heavy atom. The van der Waals surface area contributed by atoms with Crippen molar-refractivity contribution in [1.29, 1.82) is 0 Å². The first-order valence-electron chi connectivity index (χ1n) is 6.44. The highest BCUT2D eigenvalue weighted by atomic mass is 79.9. The summed E-state index contributed by atoms with van der Waals surface area (Å²) in [6.45, 7) is 0. The second kappa shape index (κ2) is 5.42. The van der Waals surface area contributed by atoms with E-state index < -0.39 is 0 Å². The van der Waals surface area contributed by atoms with Crippen LogP contribution in [0.4, 0.5) is 0 Å². The van der Waals surface area contributed by atoms with Crippen molar-refractivity contribution in [3.63, 3.8) is 0 Å². The minimum Gasteiger partial charge on any atom is -0.496 e. The Bertz CT molecular complexity index is 737. The molecule has 1 fully saturated rings. The van der Waals surface area contributed by atoms with Crippen LogP contribution in [0.3, 0.4) is 0 Å². The number of thiophene rings is 1. The number of ketones is 1. The van der Waals surface area contributed by atoms with Gasteiger partial charge >= 0.3 is 5.97 Å². The fraction of sp³-hybridized carbons (Fsp3) is 0.333. The van der Waals surface area contributed by atoms with E-state index in [1.807, 2.05) is 18.2 Å². The summed E-state index contributed by atoms with van der Waals surface area (Å²) in [6.07, 6.45) is 0.590. The lowest BCUT2D eigenvalue weighted by Crippen LogP contribution is -2.09. The summed E-state index contributed by atoms with van der Waals surface area (Å²) in [5, 5.41) is 0.992. The smallest absolute Gasteiger partial charge is 0.309 e. The van der Waals surface area contributed by atoms with Gasteiger partial charge in [-0.05, 0) is 45.9 Å². The summed E-state index contributed by atoms with van der Waals surface area (Å²) in [6, 6.07) is 5.72. The van der Waals surface area contributed by atoms with Gasteiger partial charge in [-0.25, -0.2) is 0 Å². The number of Topliss-reactive ketones (excluding diaryl/α,β-unsaturated/α-hetero) is 1. The third-order valence-electron chi connectivity index (χ3n) is 3.66. The maximum atomic E-state index is 12.4. The Morgan fingerprint density at radius 2 is 2.00 bits per heavy atom. The first kappa shape index (κ1) is 14.5. The first-order chi connectivity index (χ1) is 10.0. The summed E-state index contributed by atoms with van der Waals surface area (Å²) >= 11 is 4.87. The van der Waals surface area contributed by atoms with Gasteiger partial charge in [-0.3, -0.25) is 9.59 Å². The Morgan fingerprint density at radius 1 is 1.24 bits per heavy atom. The van der Waals surface area contributed by atoms with Gasteiger partial charge in [0.1, 0.15) is 5.75 Å². The third-order valence-corrected chi connectivity index (χ3v) is 5.40. The van der Waals surface area contributed by atoms with Crippen LogP contribution in [-0.4, -0.2) is 26.0 Å². The number of carbonyl (C=O) groups is 2. The highest BCUT2D eigenvalue weighted by Crippen LogP contribution is 2.44. The number of hydrogen-bond donors (Lipinski definition) is 0. The lowest BCUT2D eigenvalue weighted by atomic mass is 10.1. The predicted octanol–water partition coefficient (Wildman–Crippen LogP) is 3.66. The molecular weight excluding hydrogens is 356 g/mol. The van der Waals surface area contributed by atoms with Gasteiger partial charge in [-0.15, -0.1) is 11.3 Å². The van der Waals surface area contributed by atoms with E-state index in [0.717, 1.165) is 20.3 Å². The molecule has 0 spiro atoms. The molecule has 0 saturated heterocycles. The number of methoxy groups -OCH3 is 2. The SMILES string of the molecule is COC(=O)[C@H]1C[C@H]1C(=O)c1cc2cc(Br)c(OC)cc2s1. The molecule has 0 N–H and O–H groups in total. The van der Waals surface area contributed by atoms with Gasteiger partial charge in [0.05, 0.1) is 29.5 Å². The van der Waals surface area contributed by atoms with E-state index >= 15 is 0 Å². The maximum Gasteiger partial charge on any atom is 0.309 e. The largest absolute Gasteiger partial charge is 0.496 e. The second-order valence-electron chi connectivity index (χ2n) is 4.97. The van der Waals surface area contributed by atoms with Gasteiger partial charge < -0.3 is 9.47 Å². The molecule has 0 radical (unpaired) electrons. The number of rotatable bonds is 4. The molecule has 1 aromatic heterocycles. The van der Waals surface area contributed by atoms with Crippen LogP contribution in [0.25, 0.3) is 10.1 Å². The molecule has 2 aromatic rings. The number of hydrogen-bond acceptors (Lipinski definition) is 5. The normalized spacial score (nSPS) is 20.3. The van der Waals surface area contributed by atoms with Crippen molar-refractivity contribution in [2.45, 2.75) is 6.42 Å². The van der Waals surface area contributed by atoms with E-state index in [-0.39, 0.29) is 23.6 Å². The number of carbonyl (C=O) groups excluding carboxylic acids is 2. The molecule has 1 aliphatic rings. The minimum absolute atomic E-state index is 0.0293. The predicted molar refractivity (Wildman–Crippen MR) is 84.0 cm³/mol. The molecule has 6 heteroatoms. The molecule has 2 atom stereocenters. The van der Waals surface area contributed by atoms with Crippen molar-refractivity contribution < 1.29 is 19.1 Å². The van der Waals surface area contributed by atoms with E-state index in [2.05, 4.69) is 20.7 Å². The van der Waals surface area contributed by atoms with Crippen molar-refractivity contribution in [1.82, 2.24) is 0 Å². The van der Waals surface area contributed by atoms with Crippen LogP contribution >= 0.6 is 27.3 Å². The number of fused-ring (bicyclic) bond motifs is 1. The molecule has 0 bridgehead atoms. The zero-order valence-electron chi connectivity index (χ0n) is 11.5. The van der Waals surface area contributed by atoms with Gasteiger partial charge in [0.2, 0.25) is 0 Å². The fourth-order valence-electron chi connectivity index (χ4n) is 2.40. The van der Waals surface area contributed by atoms with Crippen LogP contribution < -0.4 is 4.74 Å². The highest BCUT2D eigenvalue weighted by Gasteiger charge is 2.49. The number of esters is 1. The highest BCUT2D eigenvalue weighted by molar-refractivity contribution is 9.10. The summed E-state index contributed by atoms with van der Waals surface area (Å²) in [7, 11) is 2.96. The summed E-state index contributed by atoms with van der Waals surface area (Å²) in [4.78, 5) is 24.5. The van der Waals surface area contributed by atoms with Crippen molar-refractivity contribution in [2.75, 3.05) is 14.2 Å². The molecule has 0 amide bonds. The van der Waals surface area contributed by atoms with E-state index in [1.54, 1.807) is 7.11 Å². The molecule has 1 aliphatic carbocycles. The van der Waals surface area contributed by atoms with E-state index in [1.165, 1.54) is 18.4 Å². The van der Waals surface area contributed by atoms with Gasteiger partial charge in [-0.1, -0.05) is 0 Å². The van der Waals surface area contributed by atoms with Gasteiger partial charge in [-0.2, -0.15) is 0 Å². The quantitative estimate of drug-likeness (QED) is 0.610. The molecule has 1 saturated carbocycles. The zero-order valence-corrected chi connectivity index (χ0v) is 13.9. The number of ether oxygens (including phenoxy) is 2. The van der Waals surface area contributed by atoms with E-state index in [9.17, 15) is 9.59 Å². The van der Waals surface area contributed by atoms with Crippen LogP contribution in [0, 0.1) is 11.8 Å². The summed E-state index contributed by atoms with van der Waals surface area (Å²) in [5.41, 5.74) is 0. The Kier molecular flexibility index (Phi) is 3.75. The zero-order chi connectivity index (χ0) is 15.1. The van der Waals surface area contributed by atoms with Crippen LogP contribution in [-0.2, 0) is 9.53 Å². The Hall–Kier alpha value is -1.40. The molecule has 1 heterocycles. The molecule has 110 valence electrons. The average Bonchev–Trinajstić information content (AvgIpc) is 3.18. The standard InChI is InChI=1S/C15H13BrO4S/c1-19-11-6-12-7(3-10(11)16)4-13(21-12)14(17)8-5-9(8)15(18)20-2/h3-4,6,8-9H,5H2,1-2H3/t8-,9+/m1/s1. The molecular formula is C15H13BrO4S. The Labute approximate surface area is 134 Å². The van der Waals surface area contributed by atoms with Crippen LogP contribution in [0.5, 0.6) is 5.75 Å². The summed E-state index contributed by atoms with van der Waals surface area (Å²) < 4.78 is 11.8. The van der Waals surface area contributed by atoms with Crippen LogP contribution in [0.1, 0.15) is 16.1 Å². The lowest BCUT2D eigenvalue weighted by molar-refractivity contribution is -0.142. The van der Waals surface area contributed by atoms with Crippen molar-refractivity contribution in [2.24, 2.45) is 11.8 Å². The molecule has 0 aliphatic heterocycles. The van der Waals surface area contributed by atoms with Crippen molar-refractivity contribution >= 4 is 49.1 Å². The summed E-state index contributed by atoms with van der Waals surface area (Å²) in [5.74, 6) is -0.0207. The minimum atomic E-state index is -0.293. The average molecular weight is 369 g/mol. The molecule has 0 unspecified atom stereocenters. The van der Waals surface area contributed by atoms with Crippen molar-refractivity contribution in [3.8, 4) is 5.75 Å². The van der Waals surface area contributed by atoms with E-state index in [0.29, 0.717) is 11.3 Å². The van der Waals surface area contributed by atoms with Gasteiger partial charge in [0, 0.05) is 10.6 Å². The molecule has 3 rings (SSSR count). The molecule has 21 heavy (non-hydrogen) atoms. The lowest BCUT2D eigenvalue weighted by Gasteiger charge is -2.01. The van der Waals surface area contributed by atoms with Crippen LogP contribution in [0.2, 0.25) is 0 Å². The topological polar surface area (TPSA) is 52.6 Å². The molecule has 4 nitrogen and oxygen atoms in total.